The van der Waals surface area contributed by atoms with Crippen molar-refractivity contribution in [2.45, 2.75) is 25.6 Å². The summed E-state index contributed by atoms with van der Waals surface area (Å²) >= 11 is 7.53. The number of hydrogen-bond acceptors (Lipinski definition) is 5. The van der Waals surface area contributed by atoms with E-state index in [-0.39, 0.29) is 6.61 Å². The molecule has 21 heavy (non-hydrogen) atoms. The highest BCUT2D eigenvalue weighted by atomic mass is 35.5. The first kappa shape index (κ1) is 18.6. The highest BCUT2D eigenvalue weighted by Gasteiger charge is 2.19. The van der Waals surface area contributed by atoms with Crippen molar-refractivity contribution in [3.63, 3.8) is 0 Å². The van der Waals surface area contributed by atoms with E-state index in [1.165, 1.54) is 0 Å². The molecule has 0 aliphatic carbocycles. The van der Waals surface area contributed by atoms with Crippen LogP contribution in [0.4, 0.5) is 0 Å². The van der Waals surface area contributed by atoms with Crippen LogP contribution in [0.25, 0.3) is 0 Å². The minimum Gasteiger partial charge on any atom is -0.491 e. The lowest BCUT2D eigenvalue weighted by molar-refractivity contribution is 0.0701. The number of halogens is 1. The Morgan fingerprint density at radius 1 is 1.48 bits per heavy atom. The summed E-state index contributed by atoms with van der Waals surface area (Å²) in [5.41, 5.74) is 0.169. The Hall–Kier alpha value is -0.460. The second-order valence-electron chi connectivity index (χ2n) is 5.44. The van der Waals surface area contributed by atoms with E-state index >= 15 is 0 Å². The number of ether oxygens (including phenoxy) is 1. The van der Waals surface area contributed by atoms with E-state index < -0.39 is 11.7 Å². The molecular formula is C15H24ClNO3S. The number of thioether (sulfide) groups is 1. The standard InChI is InChI=1S/C15H24ClNO3S/c1-11-6-13(4-5-14(11)16)20-8-12(18)7-17-9-15(2,19)10-21-3/h4-6,12,17-19H,7-10H2,1-3H3. The van der Waals surface area contributed by atoms with Gasteiger partial charge in [-0.25, -0.2) is 0 Å². The molecule has 4 nitrogen and oxygen atoms in total. The van der Waals surface area contributed by atoms with E-state index in [9.17, 15) is 10.2 Å². The van der Waals surface area contributed by atoms with Crippen LogP contribution in [0.15, 0.2) is 18.2 Å². The number of nitrogens with one attached hydrogen (secondary N) is 1. The van der Waals surface area contributed by atoms with Crippen molar-refractivity contribution in [2.75, 3.05) is 31.7 Å². The zero-order valence-corrected chi connectivity index (χ0v) is 14.3. The topological polar surface area (TPSA) is 61.7 Å². The predicted molar refractivity (Wildman–Crippen MR) is 89.6 cm³/mol. The molecule has 0 saturated carbocycles. The van der Waals surface area contributed by atoms with Crippen LogP contribution in [-0.2, 0) is 0 Å². The third-order valence-electron chi connectivity index (χ3n) is 2.91. The van der Waals surface area contributed by atoms with Gasteiger partial charge in [-0.2, -0.15) is 11.8 Å². The van der Waals surface area contributed by atoms with Gasteiger partial charge in [0.15, 0.2) is 0 Å². The summed E-state index contributed by atoms with van der Waals surface area (Å²) in [7, 11) is 0. The Labute approximate surface area is 135 Å². The van der Waals surface area contributed by atoms with Gasteiger partial charge in [-0.1, -0.05) is 11.6 Å². The second-order valence-corrected chi connectivity index (χ2v) is 6.71. The van der Waals surface area contributed by atoms with Crippen LogP contribution in [0, 0.1) is 6.92 Å². The first-order valence-electron chi connectivity index (χ1n) is 6.83. The quantitative estimate of drug-likeness (QED) is 0.646. The molecule has 0 aromatic heterocycles. The monoisotopic (exact) mass is 333 g/mol. The lowest BCUT2D eigenvalue weighted by Gasteiger charge is -2.23. The van der Waals surface area contributed by atoms with Gasteiger partial charge in [-0.3, -0.25) is 0 Å². The zero-order valence-electron chi connectivity index (χ0n) is 12.7. The normalized spacial score (nSPS) is 15.5. The van der Waals surface area contributed by atoms with E-state index in [1.54, 1.807) is 30.8 Å². The van der Waals surface area contributed by atoms with Gasteiger partial charge in [0.2, 0.25) is 0 Å². The van der Waals surface area contributed by atoms with Crippen molar-refractivity contribution in [1.29, 1.82) is 0 Å². The maximum atomic E-state index is 9.98. The molecule has 0 aliphatic rings. The van der Waals surface area contributed by atoms with Crippen molar-refractivity contribution in [1.82, 2.24) is 5.32 Å². The van der Waals surface area contributed by atoms with Crippen LogP contribution in [0.2, 0.25) is 5.02 Å². The van der Waals surface area contributed by atoms with Crippen LogP contribution >= 0.6 is 23.4 Å². The average molecular weight is 334 g/mol. The van der Waals surface area contributed by atoms with Crippen LogP contribution < -0.4 is 10.1 Å². The minimum atomic E-state index is -0.771. The van der Waals surface area contributed by atoms with E-state index in [4.69, 9.17) is 16.3 Å². The Morgan fingerprint density at radius 3 is 2.81 bits per heavy atom. The van der Waals surface area contributed by atoms with Gasteiger partial charge < -0.3 is 20.3 Å². The van der Waals surface area contributed by atoms with E-state index in [1.807, 2.05) is 19.2 Å². The van der Waals surface area contributed by atoms with Crippen molar-refractivity contribution in [3.8, 4) is 5.75 Å². The predicted octanol–water partition coefficient (Wildman–Crippen LogP) is 2.09. The molecule has 120 valence electrons. The Balaban J connectivity index is 2.27. The molecule has 0 radical (unpaired) electrons. The molecule has 2 atom stereocenters. The number of benzene rings is 1. The number of rotatable bonds is 9. The highest BCUT2D eigenvalue weighted by molar-refractivity contribution is 7.98. The Kier molecular flexibility index (Phi) is 7.84. The van der Waals surface area contributed by atoms with Gasteiger partial charge in [-0.05, 0) is 43.9 Å². The largest absolute Gasteiger partial charge is 0.491 e. The molecule has 0 spiro atoms. The highest BCUT2D eigenvalue weighted by Crippen LogP contribution is 2.21. The minimum absolute atomic E-state index is 0.193. The van der Waals surface area contributed by atoms with Gasteiger partial charge in [0.05, 0.1) is 5.60 Å². The lowest BCUT2D eigenvalue weighted by atomic mass is 10.1. The van der Waals surface area contributed by atoms with Gasteiger partial charge in [0.25, 0.3) is 0 Å². The molecule has 3 N–H and O–H groups in total. The SMILES string of the molecule is CSCC(C)(O)CNCC(O)COc1ccc(Cl)c(C)c1. The third kappa shape index (κ3) is 7.38. The first-order valence-corrected chi connectivity index (χ1v) is 8.60. The third-order valence-corrected chi connectivity index (χ3v) is 4.25. The molecule has 0 bridgehead atoms. The number of aryl methyl sites for hydroxylation is 1. The molecule has 1 aromatic carbocycles. The van der Waals surface area contributed by atoms with E-state index in [0.29, 0.717) is 29.6 Å². The van der Waals surface area contributed by atoms with Crippen LogP contribution in [0.5, 0.6) is 5.75 Å². The summed E-state index contributed by atoms with van der Waals surface area (Å²) in [5, 5.41) is 23.6. The summed E-state index contributed by atoms with van der Waals surface area (Å²) in [6.07, 6.45) is 1.32. The molecule has 0 aliphatic heterocycles. The number of hydrogen-bond donors (Lipinski definition) is 3. The Bertz CT molecular complexity index is 443. The molecule has 0 heterocycles. The maximum Gasteiger partial charge on any atom is 0.119 e. The lowest BCUT2D eigenvalue weighted by Crippen LogP contribution is -2.43. The smallest absolute Gasteiger partial charge is 0.119 e. The second kappa shape index (κ2) is 8.86. The van der Waals surface area contributed by atoms with E-state index in [2.05, 4.69) is 5.32 Å². The molecule has 6 heteroatoms. The van der Waals surface area contributed by atoms with Gasteiger partial charge in [0, 0.05) is 23.9 Å². The van der Waals surface area contributed by atoms with Crippen molar-refractivity contribution in [3.05, 3.63) is 28.8 Å². The van der Waals surface area contributed by atoms with E-state index in [0.717, 1.165) is 5.56 Å². The van der Waals surface area contributed by atoms with Crippen LogP contribution in [0.3, 0.4) is 0 Å². The molecule has 0 fully saturated rings. The molecule has 2 unspecified atom stereocenters. The Morgan fingerprint density at radius 2 is 2.19 bits per heavy atom. The summed E-state index contributed by atoms with van der Waals surface area (Å²) in [6.45, 7) is 4.68. The molecule has 1 aromatic rings. The van der Waals surface area contributed by atoms with Crippen molar-refractivity contribution >= 4 is 23.4 Å². The average Bonchev–Trinajstić information content (AvgIpc) is 2.40. The van der Waals surface area contributed by atoms with Crippen LogP contribution in [-0.4, -0.2) is 53.6 Å². The maximum absolute atomic E-state index is 9.98. The number of aliphatic hydroxyl groups is 2. The summed E-state index contributed by atoms with van der Waals surface area (Å²) in [6, 6.07) is 5.39. The fraction of sp³-hybridized carbons (Fsp3) is 0.600. The molecule has 0 amide bonds. The molecule has 0 saturated heterocycles. The fourth-order valence-corrected chi connectivity index (χ4v) is 2.67. The zero-order chi connectivity index (χ0) is 15.9. The molecule has 1 rings (SSSR count). The first-order chi connectivity index (χ1) is 9.84. The van der Waals surface area contributed by atoms with Gasteiger partial charge in [0.1, 0.15) is 18.5 Å². The van der Waals surface area contributed by atoms with Gasteiger partial charge >= 0.3 is 0 Å². The fourth-order valence-electron chi connectivity index (χ4n) is 1.83. The summed E-state index contributed by atoms with van der Waals surface area (Å²) < 4.78 is 5.52. The van der Waals surface area contributed by atoms with Crippen LogP contribution in [0.1, 0.15) is 12.5 Å². The van der Waals surface area contributed by atoms with Gasteiger partial charge in [-0.15, -0.1) is 0 Å². The summed E-state index contributed by atoms with van der Waals surface area (Å²) in [5.74, 6) is 1.33. The molecular weight excluding hydrogens is 310 g/mol. The summed E-state index contributed by atoms with van der Waals surface area (Å²) in [4.78, 5) is 0. The number of aliphatic hydroxyl groups excluding tert-OH is 1. The van der Waals surface area contributed by atoms with Crippen molar-refractivity contribution in [2.24, 2.45) is 0 Å². The van der Waals surface area contributed by atoms with Crippen molar-refractivity contribution < 1.29 is 14.9 Å².